The molecule has 1 rings (SSSR count). The maximum Gasteiger partial charge on any atom is 0.326 e. The molecule has 0 aromatic carbocycles. The predicted octanol–water partition coefficient (Wildman–Crippen LogP) is -0.0196. The Morgan fingerprint density at radius 1 is 1.55 bits per heavy atom. The van der Waals surface area contributed by atoms with Gasteiger partial charge in [-0.1, -0.05) is 0 Å². The number of aliphatic carboxylic acids is 1. The highest BCUT2D eigenvalue weighted by Crippen LogP contribution is 1.94. The smallest absolute Gasteiger partial charge is 0.326 e. The van der Waals surface area contributed by atoms with Gasteiger partial charge in [-0.05, 0) is 12.5 Å². The van der Waals surface area contributed by atoms with Crippen LogP contribution in [0, 0.1) is 6.92 Å². The number of hydrogen-bond acceptors (Lipinski definition) is 4. The third kappa shape index (κ3) is 5.70. The molecule has 2 amide bonds. The molecule has 0 aliphatic carbocycles. The predicted molar refractivity (Wildman–Crippen MR) is 71.4 cm³/mol. The maximum absolute atomic E-state index is 11.6. The van der Waals surface area contributed by atoms with Gasteiger partial charge in [0.05, 0.1) is 12.7 Å². The number of carboxylic acid groups (broad SMARTS) is 1. The minimum Gasteiger partial charge on any atom is -0.480 e. The molecule has 8 heteroatoms. The first kappa shape index (κ1) is 16.0. The van der Waals surface area contributed by atoms with Crippen LogP contribution in [-0.2, 0) is 16.1 Å². The summed E-state index contributed by atoms with van der Waals surface area (Å²) >= 11 is 0. The van der Waals surface area contributed by atoms with E-state index in [1.165, 1.54) is 7.11 Å². The van der Waals surface area contributed by atoms with E-state index in [1.54, 1.807) is 10.9 Å². The van der Waals surface area contributed by atoms with E-state index in [2.05, 4.69) is 15.7 Å². The molecule has 0 aliphatic heterocycles. The van der Waals surface area contributed by atoms with Crippen molar-refractivity contribution in [3.63, 3.8) is 0 Å². The summed E-state index contributed by atoms with van der Waals surface area (Å²) in [6.45, 7) is 3.08. The fraction of sp³-hybridized carbons (Fsp3) is 0.583. The maximum atomic E-state index is 11.6. The standard InChI is InChI=1S/C12H20N4O4/c1-9-7-14-16(8-9)5-4-13-12(19)15-10(11(17)18)3-6-20-2/h7-8,10H,3-6H2,1-2H3,(H,17,18)(H2,13,15,19). The second-order valence-electron chi connectivity index (χ2n) is 4.35. The zero-order chi connectivity index (χ0) is 15.0. The summed E-state index contributed by atoms with van der Waals surface area (Å²) < 4.78 is 6.50. The van der Waals surface area contributed by atoms with Crippen LogP contribution in [0.4, 0.5) is 4.79 Å². The highest BCUT2D eigenvalue weighted by atomic mass is 16.5. The van der Waals surface area contributed by atoms with E-state index in [0.717, 1.165) is 5.56 Å². The van der Waals surface area contributed by atoms with Gasteiger partial charge in [-0.25, -0.2) is 9.59 Å². The van der Waals surface area contributed by atoms with Gasteiger partial charge < -0.3 is 20.5 Å². The van der Waals surface area contributed by atoms with Gasteiger partial charge in [0.1, 0.15) is 6.04 Å². The molecule has 0 saturated carbocycles. The first-order valence-electron chi connectivity index (χ1n) is 6.28. The van der Waals surface area contributed by atoms with Crippen molar-refractivity contribution in [2.45, 2.75) is 25.9 Å². The van der Waals surface area contributed by atoms with Crippen molar-refractivity contribution >= 4 is 12.0 Å². The molecule has 0 spiro atoms. The largest absolute Gasteiger partial charge is 0.480 e. The van der Waals surface area contributed by atoms with Crippen LogP contribution in [0.2, 0.25) is 0 Å². The molecule has 1 unspecified atom stereocenters. The number of methoxy groups -OCH3 is 1. The highest BCUT2D eigenvalue weighted by Gasteiger charge is 2.19. The van der Waals surface area contributed by atoms with Crippen LogP contribution < -0.4 is 10.6 Å². The topological polar surface area (TPSA) is 105 Å². The second kappa shape index (κ2) is 8.16. The van der Waals surface area contributed by atoms with E-state index in [-0.39, 0.29) is 13.0 Å². The zero-order valence-corrected chi connectivity index (χ0v) is 11.6. The van der Waals surface area contributed by atoms with Crippen LogP contribution in [0.25, 0.3) is 0 Å². The number of amides is 2. The Morgan fingerprint density at radius 3 is 2.85 bits per heavy atom. The summed E-state index contributed by atoms with van der Waals surface area (Å²) in [5, 5.41) is 18.0. The van der Waals surface area contributed by atoms with Gasteiger partial charge in [-0.2, -0.15) is 5.10 Å². The lowest BCUT2D eigenvalue weighted by Gasteiger charge is -2.14. The number of urea groups is 1. The number of rotatable bonds is 8. The van der Waals surface area contributed by atoms with E-state index in [0.29, 0.717) is 13.1 Å². The number of nitrogens with one attached hydrogen (secondary N) is 2. The first-order chi connectivity index (χ1) is 9.52. The number of aryl methyl sites for hydroxylation is 1. The molecular formula is C12H20N4O4. The third-order valence-electron chi connectivity index (χ3n) is 2.60. The summed E-state index contributed by atoms with van der Waals surface area (Å²) in [4.78, 5) is 22.5. The van der Waals surface area contributed by atoms with Gasteiger partial charge in [-0.15, -0.1) is 0 Å². The number of nitrogens with zero attached hydrogens (tertiary/aromatic N) is 2. The molecule has 0 bridgehead atoms. The number of carbonyl (C=O) groups excluding carboxylic acids is 1. The van der Waals surface area contributed by atoms with Crippen molar-refractivity contribution < 1.29 is 19.4 Å². The molecule has 1 aromatic heterocycles. The van der Waals surface area contributed by atoms with Gasteiger partial charge in [-0.3, -0.25) is 4.68 Å². The van der Waals surface area contributed by atoms with Crippen molar-refractivity contribution in [1.82, 2.24) is 20.4 Å². The van der Waals surface area contributed by atoms with E-state index in [9.17, 15) is 9.59 Å². The Kier molecular flexibility index (Phi) is 6.51. The Balaban J connectivity index is 2.28. The molecule has 1 atom stereocenters. The van der Waals surface area contributed by atoms with E-state index in [4.69, 9.17) is 9.84 Å². The third-order valence-corrected chi connectivity index (χ3v) is 2.60. The first-order valence-corrected chi connectivity index (χ1v) is 6.28. The summed E-state index contributed by atoms with van der Waals surface area (Å²) in [6.07, 6.45) is 3.81. The molecule has 1 heterocycles. The molecule has 0 radical (unpaired) electrons. The van der Waals surface area contributed by atoms with Gasteiger partial charge in [0.25, 0.3) is 0 Å². The number of ether oxygens (including phenoxy) is 1. The van der Waals surface area contributed by atoms with Crippen molar-refractivity contribution in [2.24, 2.45) is 0 Å². The van der Waals surface area contributed by atoms with Crippen LogP contribution in [0.15, 0.2) is 12.4 Å². The monoisotopic (exact) mass is 284 g/mol. The van der Waals surface area contributed by atoms with E-state index < -0.39 is 18.0 Å². The lowest BCUT2D eigenvalue weighted by atomic mass is 10.2. The average Bonchev–Trinajstić information content (AvgIpc) is 2.80. The Labute approximate surface area is 117 Å². The summed E-state index contributed by atoms with van der Waals surface area (Å²) in [5.74, 6) is -1.08. The molecule has 1 aromatic rings. The van der Waals surface area contributed by atoms with Crippen LogP contribution in [0.1, 0.15) is 12.0 Å². The van der Waals surface area contributed by atoms with Gasteiger partial charge in [0.15, 0.2) is 0 Å². The number of carboxylic acids is 1. The summed E-state index contributed by atoms with van der Waals surface area (Å²) in [7, 11) is 1.48. The normalized spacial score (nSPS) is 11.9. The van der Waals surface area contributed by atoms with Gasteiger partial charge in [0, 0.05) is 32.9 Å². The van der Waals surface area contributed by atoms with Gasteiger partial charge in [0.2, 0.25) is 0 Å². The van der Waals surface area contributed by atoms with E-state index >= 15 is 0 Å². The van der Waals surface area contributed by atoms with Crippen LogP contribution in [0.3, 0.4) is 0 Å². The molecule has 20 heavy (non-hydrogen) atoms. The van der Waals surface area contributed by atoms with Crippen molar-refractivity contribution in [1.29, 1.82) is 0 Å². The van der Waals surface area contributed by atoms with Crippen LogP contribution in [0.5, 0.6) is 0 Å². The molecule has 112 valence electrons. The minimum absolute atomic E-state index is 0.220. The van der Waals surface area contributed by atoms with Crippen molar-refractivity contribution in [3.8, 4) is 0 Å². The van der Waals surface area contributed by atoms with Crippen molar-refractivity contribution in [2.75, 3.05) is 20.3 Å². The molecular weight excluding hydrogens is 264 g/mol. The summed E-state index contributed by atoms with van der Waals surface area (Å²) in [5.41, 5.74) is 1.04. The summed E-state index contributed by atoms with van der Waals surface area (Å²) in [6, 6.07) is -1.47. The van der Waals surface area contributed by atoms with Crippen LogP contribution >= 0.6 is 0 Å². The molecule has 0 aliphatic rings. The SMILES string of the molecule is COCCC(NC(=O)NCCn1cc(C)cn1)C(=O)O. The Bertz CT molecular complexity index is 446. The lowest BCUT2D eigenvalue weighted by Crippen LogP contribution is -2.47. The fourth-order valence-electron chi connectivity index (χ4n) is 1.58. The number of hydrogen-bond donors (Lipinski definition) is 3. The van der Waals surface area contributed by atoms with Gasteiger partial charge >= 0.3 is 12.0 Å². The molecule has 0 fully saturated rings. The number of aromatic nitrogens is 2. The highest BCUT2D eigenvalue weighted by molar-refractivity contribution is 5.82. The Hall–Kier alpha value is -2.09. The number of carbonyl (C=O) groups is 2. The molecule has 0 saturated heterocycles. The van der Waals surface area contributed by atoms with Crippen molar-refractivity contribution in [3.05, 3.63) is 18.0 Å². The quantitative estimate of drug-likeness (QED) is 0.622. The fourth-order valence-corrected chi connectivity index (χ4v) is 1.58. The Morgan fingerprint density at radius 2 is 2.30 bits per heavy atom. The lowest BCUT2D eigenvalue weighted by molar-refractivity contribution is -0.139. The zero-order valence-electron chi connectivity index (χ0n) is 11.6. The second-order valence-corrected chi connectivity index (χ2v) is 4.35. The van der Waals surface area contributed by atoms with Crippen LogP contribution in [-0.4, -0.2) is 53.2 Å². The average molecular weight is 284 g/mol. The molecule has 3 N–H and O–H groups in total. The minimum atomic E-state index is -1.08. The molecule has 8 nitrogen and oxygen atoms in total. The van der Waals surface area contributed by atoms with E-state index in [1.807, 2.05) is 13.1 Å².